The van der Waals surface area contributed by atoms with Gasteiger partial charge in [-0.2, -0.15) is 10.4 Å². The summed E-state index contributed by atoms with van der Waals surface area (Å²) in [6.45, 7) is 0. The molecule has 0 aliphatic heterocycles. The number of hydrogen-bond donors (Lipinski definition) is 0. The van der Waals surface area contributed by atoms with Crippen molar-refractivity contribution in [3.63, 3.8) is 0 Å². The molecule has 0 amide bonds. The number of ether oxygens (including phenoxy) is 2. The predicted octanol–water partition coefficient (Wildman–Crippen LogP) is 4.05. The Balaban J connectivity index is 1.88. The van der Waals surface area contributed by atoms with E-state index in [1.807, 2.05) is 18.2 Å². The number of pyridine rings is 1. The van der Waals surface area contributed by atoms with E-state index in [2.05, 4.69) is 16.2 Å². The lowest BCUT2D eigenvalue weighted by Gasteiger charge is -2.07. The van der Waals surface area contributed by atoms with E-state index in [0.717, 1.165) is 11.1 Å². The number of carbonyl (C=O) groups is 2. The second-order valence-electron chi connectivity index (χ2n) is 6.95. The molecule has 2 aromatic carbocycles. The Morgan fingerprint density at radius 2 is 1.55 bits per heavy atom. The zero-order valence-corrected chi connectivity index (χ0v) is 17.9. The summed E-state index contributed by atoms with van der Waals surface area (Å²) in [6, 6.07) is 20.0. The van der Waals surface area contributed by atoms with E-state index in [0.29, 0.717) is 16.8 Å². The summed E-state index contributed by atoms with van der Waals surface area (Å²) in [4.78, 5) is 29.5. The summed E-state index contributed by atoms with van der Waals surface area (Å²) in [5.41, 5.74) is 3.51. The van der Waals surface area contributed by atoms with Crippen molar-refractivity contribution < 1.29 is 19.1 Å². The maximum Gasteiger partial charge on any atom is 0.357 e. The Kier molecular flexibility index (Phi) is 5.96. The summed E-state index contributed by atoms with van der Waals surface area (Å²) < 4.78 is 11.3. The normalized spacial score (nSPS) is 10.3. The van der Waals surface area contributed by atoms with Crippen molar-refractivity contribution in [1.82, 2.24) is 14.8 Å². The average molecular weight is 438 g/mol. The fraction of sp³-hybridized carbons (Fsp3) is 0.0800. The van der Waals surface area contributed by atoms with Gasteiger partial charge in [-0.25, -0.2) is 14.3 Å². The lowest BCUT2D eigenvalue weighted by atomic mass is 10.0. The minimum absolute atomic E-state index is 0.00842. The third-order valence-corrected chi connectivity index (χ3v) is 5.01. The molecule has 0 unspecified atom stereocenters. The number of nitriles is 1. The Bertz CT molecular complexity index is 1370. The quantitative estimate of drug-likeness (QED) is 0.433. The topological polar surface area (TPSA) is 107 Å². The van der Waals surface area contributed by atoms with E-state index >= 15 is 0 Å². The lowest BCUT2D eigenvalue weighted by Crippen LogP contribution is -2.15. The number of rotatable bonds is 5. The molecular formula is C25H18N4O4. The molecule has 4 aromatic rings. The molecule has 162 valence electrons. The van der Waals surface area contributed by atoms with E-state index in [1.165, 1.54) is 25.1 Å². The van der Waals surface area contributed by atoms with Gasteiger partial charge in [0, 0.05) is 23.5 Å². The first-order chi connectivity index (χ1) is 16.1. The number of carbonyl (C=O) groups excluding carboxylic acids is 2. The van der Waals surface area contributed by atoms with Gasteiger partial charge < -0.3 is 9.47 Å². The molecule has 8 heteroatoms. The molecule has 0 spiro atoms. The predicted molar refractivity (Wildman–Crippen MR) is 120 cm³/mol. The Morgan fingerprint density at radius 1 is 0.879 bits per heavy atom. The molecule has 0 N–H and O–H groups in total. The van der Waals surface area contributed by atoms with E-state index in [1.54, 1.807) is 48.7 Å². The van der Waals surface area contributed by atoms with Crippen molar-refractivity contribution in [3.8, 4) is 34.1 Å². The highest BCUT2D eigenvalue weighted by molar-refractivity contribution is 6.06. The lowest BCUT2D eigenvalue weighted by molar-refractivity contribution is 0.0549. The molecule has 4 rings (SSSR count). The van der Waals surface area contributed by atoms with Gasteiger partial charge in [0.15, 0.2) is 5.69 Å². The molecule has 0 radical (unpaired) electrons. The summed E-state index contributed by atoms with van der Waals surface area (Å²) in [6.07, 6.45) is 3.15. The number of benzene rings is 2. The van der Waals surface area contributed by atoms with Gasteiger partial charge in [-0.1, -0.05) is 42.5 Å². The first kappa shape index (κ1) is 21.5. The largest absolute Gasteiger partial charge is 0.465 e. The molecule has 8 nitrogen and oxygen atoms in total. The van der Waals surface area contributed by atoms with Gasteiger partial charge in [-0.05, 0) is 23.8 Å². The van der Waals surface area contributed by atoms with E-state index in [-0.39, 0.29) is 17.0 Å². The van der Waals surface area contributed by atoms with Gasteiger partial charge in [0.1, 0.15) is 17.3 Å². The summed E-state index contributed by atoms with van der Waals surface area (Å²) >= 11 is 0. The van der Waals surface area contributed by atoms with Crippen LogP contribution in [0.5, 0.6) is 0 Å². The maximum atomic E-state index is 12.7. The third kappa shape index (κ3) is 4.07. The van der Waals surface area contributed by atoms with Crippen molar-refractivity contribution in [2.75, 3.05) is 14.2 Å². The van der Waals surface area contributed by atoms with Gasteiger partial charge in [0.2, 0.25) is 0 Å². The number of esters is 2. The number of hydrogen-bond acceptors (Lipinski definition) is 7. The molecule has 33 heavy (non-hydrogen) atoms. The number of methoxy groups -OCH3 is 2. The third-order valence-electron chi connectivity index (χ3n) is 5.01. The Morgan fingerprint density at radius 3 is 2.18 bits per heavy atom. The van der Waals surface area contributed by atoms with Gasteiger partial charge in [-0.15, -0.1) is 0 Å². The molecule has 0 bridgehead atoms. The minimum Gasteiger partial charge on any atom is -0.465 e. The second kappa shape index (κ2) is 9.16. The fourth-order valence-electron chi connectivity index (χ4n) is 3.44. The number of aromatic nitrogens is 3. The van der Waals surface area contributed by atoms with Crippen LogP contribution >= 0.6 is 0 Å². The van der Waals surface area contributed by atoms with Gasteiger partial charge in [0.05, 0.1) is 25.5 Å². The first-order valence-electron chi connectivity index (χ1n) is 9.88. The smallest absolute Gasteiger partial charge is 0.357 e. The van der Waals surface area contributed by atoms with Crippen molar-refractivity contribution in [1.29, 1.82) is 5.26 Å². The van der Waals surface area contributed by atoms with Crippen LogP contribution in [0.2, 0.25) is 0 Å². The molecule has 2 aromatic heterocycles. The first-order valence-corrected chi connectivity index (χ1v) is 9.88. The standard InChI is InChI=1S/C25H18N4O4/c1-32-24(30)21-22(28-29(23(21)25(31)33-2)20-6-4-3-5-7-20)18-10-8-17(9-11-18)19-12-16(13-26)14-27-15-19/h3-12,14-15H,1-2H3. The number of nitrogens with zero attached hydrogens (tertiary/aromatic N) is 4. The molecule has 2 heterocycles. The van der Waals surface area contributed by atoms with Crippen molar-refractivity contribution >= 4 is 11.9 Å². The monoisotopic (exact) mass is 438 g/mol. The average Bonchev–Trinajstić information content (AvgIpc) is 3.29. The van der Waals surface area contributed by atoms with Crippen LogP contribution in [0.4, 0.5) is 0 Å². The highest BCUT2D eigenvalue weighted by atomic mass is 16.5. The summed E-state index contributed by atoms with van der Waals surface area (Å²) in [7, 11) is 2.48. The van der Waals surface area contributed by atoms with Gasteiger partial charge in [-0.3, -0.25) is 4.98 Å². The molecule has 0 saturated heterocycles. The molecular weight excluding hydrogens is 420 g/mol. The van der Waals surface area contributed by atoms with Crippen LogP contribution < -0.4 is 0 Å². The van der Waals surface area contributed by atoms with Crippen LogP contribution in [0.25, 0.3) is 28.1 Å². The zero-order valence-electron chi connectivity index (χ0n) is 17.9. The fourth-order valence-corrected chi connectivity index (χ4v) is 3.44. The summed E-state index contributed by atoms with van der Waals surface area (Å²) in [5.74, 6) is -1.42. The van der Waals surface area contributed by atoms with E-state index in [9.17, 15) is 9.59 Å². The van der Waals surface area contributed by atoms with Crippen LogP contribution in [0.15, 0.2) is 73.1 Å². The molecule has 0 fully saturated rings. The highest BCUT2D eigenvalue weighted by Crippen LogP contribution is 2.31. The highest BCUT2D eigenvalue weighted by Gasteiger charge is 2.31. The minimum atomic E-state index is -0.714. The van der Waals surface area contributed by atoms with Crippen LogP contribution in [0.3, 0.4) is 0 Å². The van der Waals surface area contributed by atoms with E-state index < -0.39 is 11.9 Å². The van der Waals surface area contributed by atoms with Crippen molar-refractivity contribution in [2.45, 2.75) is 0 Å². The van der Waals surface area contributed by atoms with Gasteiger partial charge >= 0.3 is 11.9 Å². The van der Waals surface area contributed by atoms with Crippen molar-refractivity contribution in [2.24, 2.45) is 0 Å². The van der Waals surface area contributed by atoms with Crippen LogP contribution in [-0.2, 0) is 9.47 Å². The number of para-hydroxylation sites is 1. The van der Waals surface area contributed by atoms with Gasteiger partial charge in [0.25, 0.3) is 0 Å². The van der Waals surface area contributed by atoms with Crippen LogP contribution in [-0.4, -0.2) is 40.9 Å². The summed E-state index contributed by atoms with van der Waals surface area (Å²) in [5, 5.41) is 13.7. The molecule has 0 aliphatic carbocycles. The van der Waals surface area contributed by atoms with Crippen LogP contribution in [0, 0.1) is 11.3 Å². The van der Waals surface area contributed by atoms with Crippen LogP contribution in [0.1, 0.15) is 26.4 Å². The van der Waals surface area contributed by atoms with Crippen molar-refractivity contribution in [3.05, 3.63) is 89.9 Å². The SMILES string of the molecule is COC(=O)c1c(-c2ccc(-c3cncc(C#N)c3)cc2)nn(-c2ccccc2)c1C(=O)OC. The zero-order chi connectivity index (χ0) is 23.4. The molecule has 0 saturated carbocycles. The molecule has 0 aliphatic rings. The maximum absolute atomic E-state index is 12.7. The Hall–Kier alpha value is -4.77. The van der Waals surface area contributed by atoms with E-state index in [4.69, 9.17) is 14.7 Å². The molecule has 0 atom stereocenters. The second-order valence-corrected chi connectivity index (χ2v) is 6.95. The Labute approximate surface area is 189 Å².